The summed E-state index contributed by atoms with van der Waals surface area (Å²) in [5, 5.41) is 5.69. The topological polar surface area (TPSA) is 25.8 Å². The van der Waals surface area contributed by atoms with E-state index in [1.54, 1.807) is 0 Å². The lowest BCUT2D eigenvalue weighted by Crippen LogP contribution is -2.76. The van der Waals surface area contributed by atoms with Gasteiger partial charge in [-0.25, -0.2) is 0 Å². The highest BCUT2D eigenvalue weighted by molar-refractivity contribution is 8.00. The first-order valence-electron chi connectivity index (χ1n) is 14.8. The van der Waals surface area contributed by atoms with Crippen molar-refractivity contribution in [3.63, 3.8) is 0 Å². The average molecular weight is 597 g/mol. The van der Waals surface area contributed by atoms with Crippen LogP contribution in [-0.4, -0.2) is 18.0 Å². The van der Waals surface area contributed by atoms with Crippen LogP contribution in [0, 0.1) is 0 Å². The molecule has 3 heterocycles. The molecule has 0 radical (unpaired) electrons. The molecule has 2 aromatic heterocycles. The van der Waals surface area contributed by atoms with E-state index in [-0.39, 0.29) is 0 Å². The zero-order valence-electron chi connectivity index (χ0n) is 24.0. The fourth-order valence-electron chi connectivity index (χ4n) is 6.64. The molecular weight excluding hydrogens is 569 g/mol. The summed E-state index contributed by atoms with van der Waals surface area (Å²) in [6, 6.07) is 53.6. The summed E-state index contributed by atoms with van der Waals surface area (Å²) < 4.78 is 0. The van der Waals surface area contributed by atoms with Crippen molar-refractivity contribution >= 4 is 40.6 Å². The first kappa shape index (κ1) is 26.6. The molecule has 208 valence electrons. The third kappa shape index (κ3) is 4.42. The molecule has 5 aromatic carbocycles. The molecular formula is C40H28N2SSi. The van der Waals surface area contributed by atoms with E-state index < -0.39 is 8.07 Å². The predicted octanol–water partition coefficient (Wildman–Crippen LogP) is 7.32. The highest BCUT2D eigenvalue weighted by Crippen LogP contribution is 2.41. The standard InChI is InChI=1S/C40H28N2SSi/c1-3-14-34(15-4-1)44(35-16-5-2-6-17-35)38-20-8-7-19-37(38)43-40-36(18-9-21-39(40)44)33-25-31(29-12-10-22-41-27-29)24-32(26-33)30-13-11-23-42-28-30/h1-28H. The molecule has 0 unspecified atom stereocenters. The van der Waals surface area contributed by atoms with Crippen LogP contribution in [0.15, 0.2) is 180 Å². The number of nitrogens with zero attached hydrogens (tertiary/aromatic N) is 2. The minimum absolute atomic E-state index is 1.10. The number of hydrogen-bond acceptors (Lipinski definition) is 3. The molecule has 7 aromatic rings. The van der Waals surface area contributed by atoms with E-state index in [1.165, 1.54) is 41.7 Å². The Morgan fingerprint density at radius 2 is 0.977 bits per heavy atom. The van der Waals surface area contributed by atoms with Gasteiger partial charge < -0.3 is 0 Å². The van der Waals surface area contributed by atoms with Crippen LogP contribution >= 0.6 is 11.8 Å². The maximum absolute atomic E-state index is 4.44. The molecule has 0 aliphatic carbocycles. The monoisotopic (exact) mass is 596 g/mol. The zero-order valence-corrected chi connectivity index (χ0v) is 25.8. The van der Waals surface area contributed by atoms with Crippen molar-refractivity contribution < 1.29 is 0 Å². The molecule has 0 bridgehead atoms. The van der Waals surface area contributed by atoms with Crippen molar-refractivity contribution in [2.45, 2.75) is 9.79 Å². The van der Waals surface area contributed by atoms with Crippen molar-refractivity contribution in [2.24, 2.45) is 0 Å². The molecule has 0 saturated heterocycles. The van der Waals surface area contributed by atoms with E-state index in [9.17, 15) is 0 Å². The molecule has 0 fully saturated rings. The van der Waals surface area contributed by atoms with Crippen molar-refractivity contribution in [1.82, 2.24) is 9.97 Å². The minimum Gasteiger partial charge on any atom is -0.264 e. The van der Waals surface area contributed by atoms with E-state index >= 15 is 0 Å². The second-order valence-electron chi connectivity index (χ2n) is 11.0. The van der Waals surface area contributed by atoms with Crippen molar-refractivity contribution in [3.8, 4) is 33.4 Å². The molecule has 0 atom stereocenters. The molecule has 1 aliphatic heterocycles. The summed E-state index contributed by atoms with van der Waals surface area (Å²) in [7, 11) is -2.64. The van der Waals surface area contributed by atoms with E-state index in [0.717, 1.165) is 22.3 Å². The van der Waals surface area contributed by atoms with Gasteiger partial charge in [0.05, 0.1) is 0 Å². The van der Waals surface area contributed by atoms with Crippen molar-refractivity contribution in [1.29, 1.82) is 0 Å². The van der Waals surface area contributed by atoms with Gasteiger partial charge in [-0.3, -0.25) is 9.97 Å². The third-order valence-corrected chi connectivity index (χ3v) is 15.0. The largest absolute Gasteiger partial charge is 0.264 e. The Bertz CT molecular complexity index is 1980. The Morgan fingerprint density at radius 1 is 0.432 bits per heavy atom. The van der Waals surface area contributed by atoms with Crippen LogP contribution in [0.2, 0.25) is 0 Å². The van der Waals surface area contributed by atoms with Gasteiger partial charge in [0.25, 0.3) is 0 Å². The second kappa shape index (κ2) is 11.2. The molecule has 0 N–H and O–H groups in total. The van der Waals surface area contributed by atoms with Gasteiger partial charge in [0.1, 0.15) is 0 Å². The van der Waals surface area contributed by atoms with Gasteiger partial charge in [-0.15, -0.1) is 0 Å². The molecule has 0 spiro atoms. The fraction of sp³-hybridized carbons (Fsp3) is 0. The third-order valence-electron chi connectivity index (χ3n) is 8.57. The van der Waals surface area contributed by atoms with Crippen LogP contribution in [0.1, 0.15) is 0 Å². The zero-order chi connectivity index (χ0) is 29.3. The highest BCUT2D eigenvalue weighted by atomic mass is 32.2. The van der Waals surface area contributed by atoms with Crippen molar-refractivity contribution in [3.05, 3.63) is 170 Å². The lowest BCUT2D eigenvalue weighted by Gasteiger charge is -2.40. The maximum Gasteiger partial charge on any atom is 0.181 e. The van der Waals surface area contributed by atoms with Gasteiger partial charge in [-0.05, 0) is 79.4 Å². The van der Waals surface area contributed by atoms with Gasteiger partial charge in [0.15, 0.2) is 8.07 Å². The number of hydrogen-bond donors (Lipinski definition) is 0. The summed E-state index contributed by atoms with van der Waals surface area (Å²) in [6.07, 6.45) is 7.55. The maximum atomic E-state index is 4.44. The first-order valence-corrected chi connectivity index (χ1v) is 17.6. The van der Waals surface area contributed by atoms with E-state index in [4.69, 9.17) is 0 Å². The summed E-state index contributed by atoms with van der Waals surface area (Å²) >= 11 is 1.91. The molecule has 4 heteroatoms. The highest BCUT2D eigenvalue weighted by Gasteiger charge is 2.47. The number of aromatic nitrogens is 2. The SMILES string of the molecule is c1ccc([Si]2(c3ccccc3)c3ccccc3Sc3c(-c4cc(-c5cccnc5)cc(-c5cccnc5)c4)cccc32)cc1. The van der Waals surface area contributed by atoms with Gasteiger partial charge in [0, 0.05) is 45.7 Å². The quantitative estimate of drug-likeness (QED) is 0.195. The second-order valence-corrected chi connectivity index (χ2v) is 15.8. The van der Waals surface area contributed by atoms with Crippen LogP contribution in [-0.2, 0) is 0 Å². The fourth-order valence-corrected chi connectivity index (χ4v) is 13.8. The van der Waals surface area contributed by atoms with Crippen LogP contribution in [0.3, 0.4) is 0 Å². The lowest BCUT2D eigenvalue weighted by atomic mass is 9.94. The Morgan fingerprint density at radius 3 is 1.57 bits per heavy atom. The molecule has 2 nitrogen and oxygen atoms in total. The predicted molar refractivity (Wildman–Crippen MR) is 186 cm³/mol. The molecule has 0 saturated carbocycles. The van der Waals surface area contributed by atoms with Gasteiger partial charge in [-0.2, -0.15) is 0 Å². The van der Waals surface area contributed by atoms with Gasteiger partial charge >= 0.3 is 0 Å². The Kier molecular flexibility index (Phi) is 6.79. The Labute approximate surface area is 263 Å². The Hall–Kier alpha value is -5.03. The average Bonchev–Trinajstić information content (AvgIpc) is 3.11. The minimum atomic E-state index is -2.64. The smallest absolute Gasteiger partial charge is 0.181 e. The van der Waals surface area contributed by atoms with E-state index in [1.807, 2.05) is 48.7 Å². The van der Waals surface area contributed by atoms with Gasteiger partial charge in [-0.1, -0.05) is 121 Å². The molecule has 1 aliphatic rings. The summed E-state index contributed by atoms with van der Waals surface area (Å²) in [5.41, 5.74) is 6.92. The van der Waals surface area contributed by atoms with E-state index in [0.29, 0.717) is 0 Å². The number of fused-ring (bicyclic) bond motifs is 2. The molecule has 44 heavy (non-hydrogen) atoms. The number of pyridine rings is 2. The molecule has 0 amide bonds. The summed E-state index contributed by atoms with van der Waals surface area (Å²) in [4.78, 5) is 11.5. The normalized spacial score (nSPS) is 13.1. The van der Waals surface area contributed by atoms with Crippen molar-refractivity contribution in [2.75, 3.05) is 0 Å². The first-order chi connectivity index (χ1) is 21.8. The van der Waals surface area contributed by atoms with E-state index in [2.05, 4.69) is 143 Å². The van der Waals surface area contributed by atoms with Gasteiger partial charge in [0.2, 0.25) is 0 Å². The summed E-state index contributed by atoms with van der Waals surface area (Å²) in [6.45, 7) is 0. The Balaban J connectivity index is 1.44. The molecule has 8 rings (SSSR count). The van der Waals surface area contributed by atoms with Crippen LogP contribution in [0.4, 0.5) is 0 Å². The van der Waals surface area contributed by atoms with Crippen LogP contribution in [0.5, 0.6) is 0 Å². The number of benzene rings is 5. The lowest BCUT2D eigenvalue weighted by molar-refractivity contribution is 1.32. The van der Waals surface area contributed by atoms with Crippen LogP contribution in [0.25, 0.3) is 33.4 Å². The number of rotatable bonds is 5. The van der Waals surface area contributed by atoms with Crippen LogP contribution < -0.4 is 20.7 Å². The summed E-state index contributed by atoms with van der Waals surface area (Å²) in [5.74, 6) is 0.